The smallest absolute Gasteiger partial charge is 0.321 e. The van der Waals surface area contributed by atoms with Crippen molar-refractivity contribution in [2.24, 2.45) is 0 Å². The normalized spacial score (nSPS) is 16.2. The van der Waals surface area contributed by atoms with E-state index in [1.54, 1.807) is 24.3 Å². The number of carbonyl (C=O) groups excluding carboxylic acids is 2. The van der Waals surface area contributed by atoms with Gasteiger partial charge >= 0.3 is 6.03 Å². The molecule has 3 amide bonds. The summed E-state index contributed by atoms with van der Waals surface area (Å²) in [6.45, 7) is 5.56. The average Bonchev–Trinajstić information content (AvgIpc) is 3.27. The van der Waals surface area contributed by atoms with Crippen LogP contribution >= 0.6 is 0 Å². The number of urea groups is 1. The van der Waals surface area contributed by atoms with Crippen molar-refractivity contribution in [1.29, 1.82) is 0 Å². The van der Waals surface area contributed by atoms with Crippen molar-refractivity contribution in [2.75, 3.05) is 31.6 Å². The molecule has 1 saturated heterocycles. The fraction of sp³-hybridized carbons (Fsp3) is 0.346. The summed E-state index contributed by atoms with van der Waals surface area (Å²) in [6.07, 6.45) is 0. The van der Waals surface area contributed by atoms with Crippen molar-refractivity contribution in [3.05, 3.63) is 71.6 Å². The number of aromatic nitrogens is 1. The molecule has 0 bridgehead atoms. The maximum absolute atomic E-state index is 13.6. The number of hydrogen-bond donors (Lipinski definition) is 2. The minimum Gasteiger partial charge on any atom is -0.494 e. The summed E-state index contributed by atoms with van der Waals surface area (Å²) in [5.41, 5.74) is 1.62. The zero-order valence-corrected chi connectivity index (χ0v) is 22.3. The van der Waals surface area contributed by atoms with Gasteiger partial charge in [-0.25, -0.2) is 13.2 Å². The van der Waals surface area contributed by atoms with Gasteiger partial charge in [0.25, 0.3) is 0 Å². The highest BCUT2D eigenvalue weighted by molar-refractivity contribution is 7.89. The van der Waals surface area contributed by atoms with E-state index in [1.165, 1.54) is 18.7 Å². The van der Waals surface area contributed by atoms with Crippen molar-refractivity contribution in [1.82, 2.24) is 19.7 Å². The quantitative estimate of drug-likeness (QED) is 0.448. The number of nitrogens with one attached hydrogen (secondary N) is 2. The molecule has 1 aromatic heterocycles. The number of sulfonamides is 1. The third-order valence-corrected chi connectivity index (χ3v) is 8.34. The highest BCUT2D eigenvalue weighted by atomic mass is 32.2. The van der Waals surface area contributed by atoms with Gasteiger partial charge in [0.2, 0.25) is 15.9 Å². The van der Waals surface area contributed by atoms with Crippen LogP contribution in [0.4, 0.5) is 10.5 Å². The van der Waals surface area contributed by atoms with E-state index >= 15 is 0 Å². The molecule has 1 fully saturated rings. The third kappa shape index (κ3) is 5.97. The van der Waals surface area contributed by atoms with Crippen LogP contribution in [0.2, 0.25) is 0 Å². The Morgan fingerprint density at radius 2 is 1.79 bits per heavy atom. The maximum Gasteiger partial charge on any atom is 0.321 e. The molecule has 0 saturated carbocycles. The second-order valence-corrected chi connectivity index (χ2v) is 10.6. The Labute approximate surface area is 221 Å². The molecule has 2 aromatic carbocycles. The molecule has 38 heavy (non-hydrogen) atoms. The number of piperazine rings is 1. The molecule has 4 rings (SSSR count). The summed E-state index contributed by atoms with van der Waals surface area (Å²) in [5, 5.41) is 9.39. The van der Waals surface area contributed by atoms with Crippen LogP contribution in [-0.2, 0) is 21.4 Å². The summed E-state index contributed by atoms with van der Waals surface area (Å²) >= 11 is 0. The van der Waals surface area contributed by atoms with Gasteiger partial charge in [0.15, 0.2) is 5.76 Å². The summed E-state index contributed by atoms with van der Waals surface area (Å²) in [6, 6.07) is 14.6. The van der Waals surface area contributed by atoms with E-state index in [4.69, 9.17) is 9.26 Å². The van der Waals surface area contributed by atoms with Gasteiger partial charge in [-0.2, -0.15) is 4.31 Å². The van der Waals surface area contributed by atoms with E-state index in [9.17, 15) is 18.0 Å². The monoisotopic (exact) mass is 541 g/mol. The van der Waals surface area contributed by atoms with Crippen LogP contribution in [0.1, 0.15) is 23.9 Å². The minimum atomic E-state index is -4.13. The molecular formula is C26H31N5O6S. The molecule has 202 valence electrons. The molecule has 0 aliphatic carbocycles. The molecule has 1 unspecified atom stereocenters. The van der Waals surface area contributed by atoms with Crippen molar-refractivity contribution < 1.29 is 27.3 Å². The number of nitrogens with zero attached hydrogens (tertiary/aromatic N) is 3. The van der Waals surface area contributed by atoms with Gasteiger partial charge < -0.3 is 24.8 Å². The Hall–Kier alpha value is -3.90. The number of hydrogen-bond acceptors (Lipinski definition) is 7. The SMILES string of the molecule is CCOc1ccc(NC(=O)N2CCN(S(=O)(=O)c3c(C)noc3C)C(C(=O)NCc3ccccc3)C2)cc1. The predicted molar refractivity (Wildman–Crippen MR) is 140 cm³/mol. The largest absolute Gasteiger partial charge is 0.494 e. The van der Waals surface area contributed by atoms with Crippen LogP contribution in [-0.4, -0.2) is 67.0 Å². The van der Waals surface area contributed by atoms with Crippen LogP contribution in [0.5, 0.6) is 5.75 Å². The first-order valence-corrected chi connectivity index (χ1v) is 13.7. The van der Waals surface area contributed by atoms with Crippen molar-refractivity contribution in [3.8, 4) is 5.75 Å². The highest BCUT2D eigenvalue weighted by Gasteiger charge is 2.43. The zero-order valence-electron chi connectivity index (χ0n) is 21.5. The number of benzene rings is 2. The highest BCUT2D eigenvalue weighted by Crippen LogP contribution is 2.27. The van der Waals surface area contributed by atoms with Crippen LogP contribution in [0.3, 0.4) is 0 Å². The number of carbonyl (C=O) groups is 2. The lowest BCUT2D eigenvalue weighted by Crippen LogP contribution is -2.61. The Morgan fingerprint density at radius 3 is 2.42 bits per heavy atom. The lowest BCUT2D eigenvalue weighted by Gasteiger charge is -2.39. The molecule has 0 radical (unpaired) electrons. The first-order chi connectivity index (χ1) is 18.2. The first kappa shape index (κ1) is 27.1. The second kappa shape index (κ2) is 11.7. The second-order valence-electron chi connectivity index (χ2n) is 8.82. The number of aryl methyl sites for hydroxylation is 2. The number of amides is 3. The Kier molecular flexibility index (Phi) is 8.32. The molecular weight excluding hydrogens is 510 g/mol. The molecule has 2 N–H and O–H groups in total. The fourth-order valence-corrected chi connectivity index (χ4v) is 6.18. The number of anilines is 1. The first-order valence-electron chi connectivity index (χ1n) is 12.3. The summed E-state index contributed by atoms with van der Waals surface area (Å²) in [4.78, 5) is 27.8. The van der Waals surface area contributed by atoms with E-state index in [2.05, 4.69) is 15.8 Å². The summed E-state index contributed by atoms with van der Waals surface area (Å²) in [5.74, 6) is 0.308. The summed E-state index contributed by atoms with van der Waals surface area (Å²) in [7, 11) is -4.13. The van der Waals surface area contributed by atoms with Gasteiger partial charge in [-0.15, -0.1) is 0 Å². The topological polar surface area (TPSA) is 134 Å². The van der Waals surface area contributed by atoms with Gasteiger partial charge in [0.05, 0.1) is 6.61 Å². The molecule has 12 heteroatoms. The summed E-state index contributed by atoms with van der Waals surface area (Å²) < 4.78 is 38.9. The Bertz CT molecular complexity index is 1360. The molecule has 0 spiro atoms. The van der Waals surface area contributed by atoms with E-state index in [0.29, 0.717) is 18.0 Å². The van der Waals surface area contributed by atoms with Crippen molar-refractivity contribution in [2.45, 2.75) is 38.3 Å². The van der Waals surface area contributed by atoms with E-state index in [0.717, 1.165) is 9.87 Å². The number of rotatable bonds is 8. The van der Waals surface area contributed by atoms with Crippen LogP contribution in [0, 0.1) is 13.8 Å². The standard InChI is InChI=1S/C26H31N5O6S/c1-4-36-22-12-10-21(11-13-22)28-26(33)30-14-15-31(38(34,35)24-18(2)29-37-19(24)3)23(17-30)25(32)27-16-20-8-6-5-7-9-20/h5-13,23H,4,14-17H2,1-3H3,(H,27,32)(H,28,33). The van der Waals surface area contributed by atoms with Gasteiger partial charge in [0, 0.05) is 31.9 Å². The van der Waals surface area contributed by atoms with Crippen molar-refractivity contribution >= 4 is 27.6 Å². The van der Waals surface area contributed by atoms with E-state index in [1.807, 2.05) is 37.3 Å². The van der Waals surface area contributed by atoms with Gasteiger partial charge in [-0.3, -0.25) is 4.79 Å². The lowest BCUT2D eigenvalue weighted by atomic mass is 10.2. The molecule has 11 nitrogen and oxygen atoms in total. The molecule has 1 aliphatic heterocycles. The van der Waals surface area contributed by atoms with Gasteiger partial charge in [0.1, 0.15) is 22.4 Å². The number of ether oxygens (including phenoxy) is 1. The van der Waals surface area contributed by atoms with Crippen molar-refractivity contribution in [3.63, 3.8) is 0 Å². The average molecular weight is 542 g/mol. The third-order valence-electron chi connectivity index (χ3n) is 6.18. The fourth-order valence-electron chi connectivity index (χ4n) is 4.32. The molecule has 3 aromatic rings. The maximum atomic E-state index is 13.6. The van der Waals surface area contributed by atoms with Crippen LogP contribution in [0.15, 0.2) is 64.0 Å². The Balaban J connectivity index is 1.54. The van der Waals surface area contributed by atoms with E-state index in [-0.39, 0.29) is 42.5 Å². The lowest BCUT2D eigenvalue weighted by molar-refractivity contribution is -0.126. The molecule has 1 aliphatic rings. The van der Waals surface area contributed by atoms with Crippen LogP contribution < -0.4 is 15.4 Å². The van der Waals surface area contributed by atoms with Gasteiger partial charge in [-0.1, -0.05) is 35.5 Å². The van der Waals surface area contributed by atoms with E-state index < -0.39 is 28.0 Å². The minimum absolute atomic E-state index is 0.0642. The van der Waals surface area contributed by atoms with Crippen LogP contribution in [0.25, 0.3) is 0 Å². The zero-order chi connectivity index (χ0) is 27.3. The molecule has 2 heterocycles. The predicted octanol–water partition coefficient (Wildman–Crippen LogP) is 2.91. The molecule has 1 atom stereocenters. The van der Waals surface area contributed by atoms with Gasteiger partial charge in [-0.05, 0) is 50.6 Å². The Morgan fingerprint density at radius 1 is 1.08 bits per heavy atom.